The molecule has 136 valence electrons. The Morgan fingerprint density at radius 2 is 1.92 bits per heavy atom. The summed E-state index contributed by atoms with van der Waals surface area (Å²) >= 11 is 0. The van der Waals surface area contributed by atoms with Crippen LogP contribution in [0.3, 0.4) is 0 Å². The van der Waals surface area contributed by atoms with E-state index >= 15 is 0 Å². The van der Waals surface area contributed by atoms with Gasteiger partial charge in [-0.2, -0.15) is 0 Å². The Bertz CT molecular complexity index is 1190. The van der Waals surface area contributed by atoms with Crippen LogP contribution in [0.25, 0.3) is 21.9 Å². The number of sulfonamides is 1. The molecule has 0 unspecified atom stereocenters. The summed E-state index contributed by atoms with van der Waals surface area (Å²) in [5.41, 5.74) is 0.268. The Hall–Kier alpha value is -2.71. The van der Waals surface area contributed by atoms with Gasteiger partial charge in [-0.05, 0) is 49.4 Å². The maximum absolute atomic E-state index is 12.9. The Kier molecular flexibility index (Phi) is 4.55. The first kappa shape index (κ1) is 18.1. The standard InChI is InChI=1S/C18H17NO6S/c1-3-4-10-7-13-16(20)12-9-11(18(21)22)5-6-14(12)25-17(13)15(8-10)26(23,24)19-2/h5-9,19H,3-4H2,1-2H3,(H,21,22). The molecule has 0 radical (unpaired) electrons. The Morgan fingerprint density at radius 1 is 1.19 bits per heavy atom. The third kappa shape index (κ3) is 2.97. The minimum Gasteiger partial charge on any atom is -0.478 e. The minimum absolute atomic E-state index is 0.0419. The monoisotopic (exact) mass is 375 g/mol. The summed E-state index contributed by atoms with van der Waals surface area (Å²) in [6, 6.07) is 7.00. The second-order valence-electron chi connectivity index (χ2n) is 5.88. The van der Waals surface area contributed by atoms with Crippen molar-refractivity contribution in [2.75, 3.05) is 7.05 Å². The number of carboxylic acid groups (broad SMARTS) is 1. The Morgan fingerprint density at radius 3 is 2.54 bits per heavy atom. The lowest BCUT2D eigenvalue weighted by Crippen LogP contribution is -2.20. The number of fused-ring (bicyclic) bond motifs is 2. The molecule has 0 aliphatic carbocycles. The second-order valence-corrected chi connectivity index (χ2v) is 7.73. The number of rotatable bonds is 5. The van der Waals surface area contributed by atoms with Crippen LogP contribution in [0.5, 0.6) is 0 Å². The number of hydrogen-bond acceptors (Lipinski definition) is 5. The molecular weight excluding hydrogens is 358 g/mol. The summed E-state index contributed by atoms with van der Waals surface area (Å²) in [4.78, 5) is 24.0. The van der Waals surface area contributed by atoms with Gasteiger partial charge in [0.1, 0.15) is 10.5 Å². The van der Waals surface area contributed by atoms with E-state index in [1.165, 1.54) is 31.3 Å². The third-order valence-corrected chi connectivity index (χ3v) is 5.56. The highest BCUT2D eigenvalue weighted by molar-refractivity contribution is 7.89. The van der Waals surface area contributed by atoms with E-state index in [0.717, 1.165) is 6.42 Å². The van der Waals surface area contributed by atoms with Crippen LogP contribution in [0.15, 0.2) is 44.4 Å². The molecule has 8 heteroatoms. The van der Waals surface area contributed by atoms with E-state index in [1.807, 2.05) is 6.92 Å². The van der Waals surface area contributed by atoms with Crippen LogP contribution >= 0.6 is 0 Å². The van der Waals surface area contributed by atoms with E-state index in [0.29, 0.717) is 12.0 Å². The molecule has 26 heavy (non-hydrogen) atoms. The molecule has 0 atom stereocenters. The van der Waals surface area contributed by atoms with Crippen LogP contribution < -0.4 is 10.2 Å². The van der Waals surface area contributed by atoms with E-state index in [2.05, 4.69) is 4.72 Å². The summed E-state index contributed by atoms with van der Waals surface area (Å²) < 4.78 is 32.8. The third-order valence-electron chi connectivity index (χ3n) is 4.14. The van der Waals surface area contributed by atoms with Crippen LogP contribution in [0.1, 0.15) is 29.3 Å². The molecule has 1 aromatic heterocycles. The van der Waals surface area contributed by atoms with E-state index in [4.69, 9.17) is 9.52 Å². The Balaban J connectivity index is 2.49. The van der Waals surface area contributed by atoms with Crippen LogP contribution in [-0.2, 0) is 16.4 Å². The zero-order valence-electron chi connectivity index (χ0n) is 14.2. The Labute approximate surface area is 149 Å². The van der Waals surface area contributed by atoms with Gasteiger partial charge in [-0.25, -0.2) is 17.9 Å². The fourth-order valence-electron chi connectivity index (χ4n) is 2.86. The summed E-state index contributed by atoms with van der Waals surface area (Å²) in [6.45, 7) is 1.94. The van der Waals surface area contributed by atoms with E-state index < -0.39 is 21.4 Å². The van der Waals surface area contributed by atoms with Crippen molar-refractivity contribution in [2.24, 2.45) is 0 Å². The fourth-order valence-corrected chi connectivity index (χ4v) is 3.78. The number of benzene rings is 2. The molecule has 0 aliphatic rings. The average molecular weight is 375 g/mol. The lowest BCUT2D eigenvalue weighted by Gasteiger charge is -2.10. The highest BCUT2D eigenvalue weighted by Gasteiger charge is 2.22. The first-order valence-electron chi connectivity index (χ1n) is 7.99. The van der Waals surface area contributed by atoms with E-state index in [1.54, 1.807) is 6.07 Å². The molecule has 0 spiro atoms. The zero-order valence-corrected chi connectivity index (χ0v) is 15.0. The van der Waals surface area contributed by atoms with Crippen molar-refractivity contribution < 1.29 is 22.7 Å². The van der Waals surface area contributed by atoms with Gasteiger partial charge in [0.25, 0.3) is 0 Å². The van der Waals surface area contributed by atoms with Gasteiger partial charge in [0, 0.05) is 0 Å². The van der Waals surface area contributed by atoms with Crippen LogP contribution in [-0.4, -0.2) is 26.5 Å². The van der Waals surface area contributed by atoms with Crippen molar-refractivity contribution in [3.63, 3.8) is 0 Å². The first-order valence-corrected chi connectivity index (χ1v) is 9.47. The van der Waals surface area contributed by atoms with Crippen LogP contribution in [0.4, 0.5) is 0 Å². The molecule has 0 amide bonds. The number of nitrogens with one attached hydrogen (secondary N) is 1. The SMILES string of the molecule is CCCc1cc(S(=O)(=O)NC)c2oc3ccc(C(=O)O)cc3c(=O)c2c1. The molecule has 0 bridgehead atoms. The van der Waals surface area contributed by atoms with Crippen molar-refractivity contribution in [1.29, 1.82) is 0 Å². The molecule has 3 rings (SSSR count). The summed E-state index contributed by atoms with van der Waals surface area (Å²) in [5, 5.41) is 9.33. The molecule has 1 heterocycles. The predicted molar refractivity (Wildman–Crippen MR) is 97.2 cm³/mol. The van der Waals surface area contributed by atoms with Gasteiger partial charge in [-0.1, -0.05) is 13.3 Å². The number of hydrogen-bond donors (Lipinski definition) is 2. The minimum atomic E-state index is -3.85. The smallest absolute Gasteiger partial charge is 0.335 e. The van der Waals surface area contributed by atoms with Gasteiger partial charge in [0.15, 0.2) is 5.58 Å². The van der Waals surface area contributed by atoms with Gasteiger partial charge in [0.2, 0.25) is 15.5 Å². The molecule has 7 nitrogen and oxygen atoms in total. The van der Waals surface area contributed by atoms with Gasteiger partial charge >= 0.3 is 5.97 Å². The molecule has 0 fully saturated rings. The van der Waals surface area contributed by atoms with Crippen molar-refractivity contribution in [3.05, 3.63) is 51.7 Å². The molecule has 0 aliphatic heterocycles. The van der Waals surface area contributed by atoms with Crippen molar-refractivity contribution in [1.82, 2.24) is 4.72 Å². The number of carbonyl (C=O) groups is 1. The van der Waals surface area contributed by atoms with Gasteiger partial charge < -0.3 is 9.52 Å². The van der Waals surface area contributed by atoms with Crippen LogP contribution in [0, 0.1) is 0 Å². The maximum Gasteiger partial charge on any atom is 0.335 e. The van der Waals surface area contributed by atoms with Crippen molar-refractivity contribution in [3.8, 4) is 0 Å². The highest BCUT2D eigenvalue weighted by atomic mass is 32.2. The van der Waals surface area contributed by atoms with Gasteiger partial charge in [0.05, 0.1) is 16.3 Å². The van der Waals surface area contributed by atoms with Crippen molar-refractivity contribution >= 4 is 37.9 Å². The van der Waals surface area contributed by atoms with Crippen LogP contribution in [0.2, 0.25) is 0 Å². The lowest BCUT2D eigenvalue weighted by molar-refractivity contribution is 0.0697. The van der Waals surface area contributed by atoms with E-state index in [-0.39, 0.29) is 32.4 Å². The van der Waals surface area contributed by atoms with Gasteiger partial charge in [-0.3, -0.25) is 4.79 Å². The molecular formula is C18H17NO6S. The lowest BCUT2D eigenvalue weighted by atomic mass is 10.0. The summed E-state index contributed by atoms with van der Waals surface area (Å²) in [6.07, 6.45) is 1.36. The molecule has 0 saturated heterocycles. The molecule has 0 saturated carbocycles. The average Bonchev–Trinajstić information content (AvgIpc) is 2.61. The topological polar surface area (TPSA) is 114 Å². The highest BCUT2D eigenvalue weighted by Crippen LogP contribution is 2.27. The maximum atomic E-state index is 12.9. The van der Waals surface area contributed by atoms with Gasteiger partial charge in [-0.15, -0.1) is 0 Å². The fraction of sp³-hybridized carbons (Fsp3) is 0.222. The molecule has 3 aromatic rings. The molecule has 2 N–H and O–H groups in total. The van der Waals surface area contributed by atoms with E-state index in [9.17, 15) is 18.0 Å². The number of carboxylic acids is 1. The normalized spacial score (nSPS) is 11.9. The second kappa shape index (κ2) is 6.54. The summed E-state index contributed by atoms with van der Waals surface area (Å²) in [7, 11) is -2.57. The quantitative estimate of drug-likeness (QED) is 0.663. The summed E-state index contributed by atoms with van der Waals surface area (Å²) in [5.74, 6) is -1.16. The first-order chi connectivity index (χ1) is 12.3. The number of aryl methyl sites for hydroxylation is 1. The predicted octanol–water partition coefficient (Wildman–Crippen LogP) is 2.50. The zero-order chi connectivity index (χ0) is 19.1. The largest absolute Gasteiger partial charge is 0.478 e. The number of aromatic carboxylic acids is 1. The van der Waals surface area contributed by atoms with Crippen molar-refractivity contribution in [2.45, 2.75) is 24.7 Å². The molecule has 2 aromatic carbocycles.